The lowest BCUT2D eigenvalue weighted by molar-refractivity contribution is -0.141. The first kappa shape index (κ1) is 15.7. The maximum Gasteiger partial charge on any atom is 0.308 e. The Morgan fingerprint density at radius 1 is 1.26 bits per heavy atom. The van der Waals surface area contributed by atoms with E-state index in [2.05, 4.69) is 12.1 Å². The zero-order chi connectivity index (χ0) is 16.6. The lowest BCUT2D eigenvalue weighted by Crippen LogP contribution is -2.33. The van der Waals surface area contributed by atoms with Crippen molar-refractivity contribution in [3.05, 3.63) is 46.3 Å². The van der Waals surface area contributed by atoms with E-state index in [0.29, 0.717) is 4.88 Å². The normalized spacial score (nSPS) is 13.8. The molecule has 1 N–H and O–H groups in total. The van der Waals surface area contributed by atoms with Gasteiger partial charge >= 0.3 is 5.97 Å². The minimum Gasteiger partial charge on any atom is -0.481 e. The summed E-state index contributed by atoms with van der Waals surface area (Å²) in [6.45, 7) is 1.83. The SMILES string of the molecule is CC(CN(C)C(=O)c1cc2c(s1)-c1ccccc1CC2)C(=O)O. The highest BCUT2D eigenvalue weighted by Crippen LogP contribution is 2.39. The van der Waals surface area contributed by atoms with Gasteiger partial charge in [0.15, 0.2) is 0 Å². The molecule has 1 heterocycles. The number of amides is 1. The quantitative estimate of drug-likeness (QED) is 0.936. The van der Waals surface area contributed by atoms with Gasteiger partial charge < -0.3 is 10.0 Å². The number of thiophene rings is 1. The van der Waals surface area contributed by atoms with Gasteiger partial charge in [-0.25, -0.2) is 0 Å². The van der Waals surface area contributed by atoms with Crippen molar-refractivity contribution in [2.24, 2.45) is 5.92 Å². The Morgan fingerprint density at radius 3 is 2.70 bits per heavy atom. The number of benzene rings is 1. The summed E-state index contributed by atoms with van der Waals surface area (Å²) in [4.78, 5) is 26.9. The van der Waals surface area contributed by atoms with E-state index in [9.17, 15) is 9.59 Å². The average Bonchev–Trinajstić information content (AvgIpc) is 2.98. The fourth-order valence-corrected chi connectivity index (χ4v) is 4.20. The number of carbonyl (C=O) groups excluding carboxylic acids is 1. The second-order valence-corrected chi connectivity index (χ2v) is 7.10. The maximum atomic E-state index is 12.6. The molecule has 120 valence electrons. The van der Waals surface area contributed by atoms with Gasteiger partial charge in [0.1, 0.15) is 0 Å². The number of nitrogens with zero attached hydrogens (tertiary/aromatic N) is 1. The van der Waals surface area contributed by atoms with E-state index >= 15 is 0 Å². The van der Waals surface area contributed by atoms with Gasteiger partial charge in [-0.05, 0) is 35.6 Å². The Hall–Kier alpha value is -2.14. The molecule has 0 fully saturated rings. The number of aryl methyl sites for hydroxylation is 2. The number of carbonyl (C=O) groups is 2. The molecular formula is C18H19NO3S. The number of aliphatic carboxylic acids is 1. The van der Waals surface area contributed by atoms with E-state index in [4.69, 9.17) is 5.11 Å². The van der Waals surface area contributed by atoms with E-state index in [1.807, 2.05) is 18.2 Å². The summed E-state index contributed by atoms with van der Waals surface area (Å²) in [6, 6.07) is 10.3. The second-order valence-electron chi connectivity index (χ2n) is 6.05. The van der Waals surface area contributed by atoms with Gasteiger partial charge in [-0.15, -0.1) is 11.3 Å². The molecule has 0 bridgehead atoms. The summed E-state index contributed by atoms with van der Waals surface area (Å²) in [5.41, 5.74) is 3.77. The molecule has 0 aliphatic heterocycles. The Kier molecular flexibility index (Phi) is 4.22. The molecule has 3 rings (SSSR count). The van der Waals surface area contributed by atoms with Crippen LogP contribution >= 0.6 is 11.3 Å². The molecule has 1 atom stereocenters. The van der Waals surface area contributed by atoms with Gasteiger partial charge in [0, 0.05) is 18.5 Å². The van der Waals surface area contributed by atoms with E-state index in [0.717, 1.165) is 12.8 Å². The summed E-state index contributed by atoms with van der Waals surface area (Å²) < 4.78 is 0. The van der Waals surface area contributed by atoms with Crippen LogP contribution < -0.4 is 0 Å². The third-order valence-electron chi connectivity index (χ3n) is 4.26. The van der Waals surface area contributed by atoms with Crippen molar-refractivity contribution in [2.45, 2.75) is 19.8 Å². The van der Waals surface area contributed by atoms with Gasteiger partial charge in [-0.2, -0.15) is 0 Å². The van der Waals surface area contributed by atoms with Crippen molar-refractivity contribution in [3.63, 3.8) is 0 Å². The monoisotopic (exact) mass is 329 g/mol. The first-order valence-electron chi connectivity index (χ1n) is 7.66. The molecule has 0 spiro atoms. The molecule has 1 aliphatic rings. The van der Waals surface area contributed by atoms with Gasteiger partial charge in [0.2, 0.25) is 0 Å². The minimum absolute atomic E-state index is 0.102. The van der Waals surface area contributed by atoms with Crippen LogP contribution in [0.3, 0.4) is 0 Å². The fourth-order valence-electron chi connectivity index (χ4n) is 2.94. The van der Waals surface area contributed by atoms with Gasteiger partial charge in [-0.1, -0.05) is 31.2 Å². The molecule has 0 saturated heterocycles. The lowest BCUT2D eigenvalue weighted by atomic mass is 9.91. The van der Waals surface area contributed by atoms with Crippen LogP contribution in [0.4, 0.5) is 0 Å². The van der Waals surface area contributed by atoms with E-state index < -0.39 is 11.9 Å². The van der Waals surface area contributed by atoms with Crippen molar-refractivity contribution in [1.29, 1.82) is 0 Å². The summed E-state index contributed by atoms with van der Waals surface area (Å²) in [7, 11) is 1.66. The Morgan fingerprint density at radius 2 is 1.96 bits per heavy atom. The highest BCUT2D eigenvalue weighted by atomic mass is 32.1. The molecule has 23 heavy (non-hydrogen) atoms. The molecule has 0 saturated carbocycles. The van der Waals surface area contributed by atoms with Crippen molar-refractivity contribution in [2.75, 3.05) is 13.6 Å². The standard InChI is InChI=1S/C18H19NO3S/c1-11(18(21)22)10-19(2)17(20)15-9-13-8-7-12-5-3-4-6-14(12)16(13)23-15/h3-6,9,11H,7-8,10H2,1-2H3,(H,21,22). The summed E-state index contributed by atoms with van der Waals surface area (Å²) >= 11 is 1.51. The third-order valence-corrected chi connectivity index (χ3v) is 5.46. The molecule has 1 aromatic carbocycles. The van der Waals surface area contributed by atoms with Crippen LogP contribution in [0.5, 0.6) is 0 Å². The van der Waals surface area contributed by atoms with Gasteiger partial charge in [0.05, 0.1) is 10.8 Å². The van der Waals surface area contributed by atoms with Crippen LogP contribution in [-0.2, 0) is 17.6 Å². The number of fused-ring (bicyclic) bond motifs is 3. The van der Waals surface area contributed by atoms with E-state index in [1.165, 1.54) is 37.8 Å². The molecule has 1 aliphatic carbocycles. The molecule has 1 amide bonds. The second kappa shape index (κ2) is 6.16. The van der Waals surface area contributed by atoms with Crippen LogP contribution in [-0.4, -0.2) is 35.5 Å². The highest BCUT2D eigenvalue weighted by Gasteiger charge is 2.24. The van der Waals surface area contributed by atoms with Gasteiger partial charge in [-0.3, -0.25) is 9.59 Å². The fraction of sp³-hybridized carbons (Fsp3) is 0.333. The first-order valence-corrected chi connectivity index (χ1v) is 8.48. The molecular weight excluding hydrogens is 310 g/mol. The minimum atomic E-state index is -0.885. The summed E-state index contributed by atoms with van der Waals surface area (Å²) in [5, 5.41) is 8.99. The number of hydrogen-bond donors (Lipinski definition) is 1. The molecule has 4 nitrogen and oxygen atoms in total. The largest absolute Gasteiger partial charge is 0.481 e. The van der Waals surface area contributed by atoms with Crippen LogP contribution in [0.25, 0.3) is 10.4 Å². The van der Waals surface area contributed by atoms with E-state index in [-0.39, 0.29) is 12.5 Å². The van der Waals surface area contributed by atoms with Crippen molar-refractivity contribution in [1.82, 2.24) is 4.90 Å². The predicted octanol–water partition coefficient (Wildman–Crippen LogP) is 3.31. The lowest BCUT2D eigenvalue weighted by Gasteiger charge is -2.18. The van der Waals surface area contributed by atoms with Crippen LogP contribution in [0, 0.1) is 5.92 Å². The molecule has 2 aromatic rings. The molecule has 1 aromatic heterocycles. The van der Waals surface area contributed by atoms with Gasteiger partial charge in [0.25, 0.3) is 5.91 Å². The van der Waals surface area contributed by atoms with Crippen LogP contribution in [0.1, 0.15) is 27.7 Å². The Bertz CT molecular complexity index is 765. The summed E-state index contributed by atoms with van der Waals surface area (Å²) in [5.74, 6) is -1.56. The average molecular weight is 329 g/mol. The van der Waals surface area contributed by atoms with Crippen molar-refractivity contribution >= 4 is 23.2 Å². The zero-order valence-electron chi connectivity index (χ0n) is 13.2. The van der Waals surface area contributed by atoms with Crippen molar-refractivity contribution < 1.29 is 14.7 Å². The number of carboxylic acids is 1. The summed E-state index contributed by atoms with van der Waals surface area (Å²) in [6.07, 6.45) is 1.95. The van der Waals surface area contributed by atoms with Crippen LogP contribution in [0.2, 0.25) is 0 Å². The Labute approximate surface area is 139 Å². The van der Waals surface area contributed by atoms with E-state index in [1.54, 1.807) is 14.0 Å². The number of rotatable bonds is 4. The first-order chi connectivity index (χ1) is 11.0. The molecule has 1 unspecified atom stereocenters. The molecule has 0 radical (unpaired) electrons. The van der Waals surface area contributed by atoms with Crippen molar-refractivity contribution in [3.8, 4) is 10.4 Å². The zero-order valence-corrected chi connectivity index (χ0v) is 14.0. The Balaban J connectivity index is 1.85. The third kappa shape index (κ3) is 3.01. The maximum absolute atomic E-state index is 12.6. The van der Waals surface area contributed by atoms with Crippen LogP contribution in [0.15, 0.2) is 30.3 Å². The number of carboxylic acid groups (broad SMARTS) is 1. The topological polar surface area (TPSA) is 57.6 Å². The predicted molar refractivity (Wildman–Crippen MR) is 90.9 cm³/mol. The highest BCUT2D eigenvalue weighted by molar-refractivity contribution is 7.17. The number of hydrogen-bond acceptors (Lipinski definition) is 3. The molecule has 5 heteroatoms. The smallest absolute Gasteiger partial charge is 0.308 e.